The van der Waals surface area contributed by atoms with Crippen molar-refractivity contribution in [2.75, 3.05) is 12.3 Å². The molecule has 0 spiro atoms. The molecule has 164 valence electrons. The standard InChI is InChI=1S/C22H27ClN2O3S.ClH/c23-18-6-4-5-17(15-18)22(16-24)12-9-19(10-13-22)25-21(26)11-14-29(27,28)20-7-2-1-3-8-20;/h1-8,15,19H,9-14,16,24H2,(H,25,26);1H/t19-,22-;. The Morgan fingerprint density at radius 2 is 1.77 bits per heavy atom. The highest BCUT2D eigenvalue weighted by Gasteiger charge is 2.36. The summed E-state index contributed by atoms with van der Waals surface area (Å²) in [4.78, 5) is 12.6. The van der Waals surface area contributed by atoms with Crippen molar-refractivity contribution in [3.63, 3.8) is 0 Å². The second-order valence-corrected chi connectivity index (χ2v) is 10.3. The van der Waals surface area contributed by atoms with E-state index in [1.807, 2.05) is 18.2 Å². The molecule has 1 saturated carbocycles. The second-order valence-electron chi connectivity index (χ2n) is 7.72. The molecule has 0 unspecified atom stereocenters. The van der Waals surface area contributed by atoms with E-state index in [9.17, 15) is 13.2 Å². The number of carbonyl (C=O) groups excluding carboxylic acids is 1. The Bertz CT molecular complexity index is 944. The van der Waals surface area contributed by atoms with E-state index in [1.165, 1.54) is 0 Å². The number of halogens is 2. The number of benzene rings is 2. The van der Waals surface area contributed by atoms with Gasteiger partial charge < -0.3 is 11.1 Å². The average molecular weight is 471 g/mol. The molecule has 0 saturated heterocycles. The Labute approximate surface area is 189 Å². The first-order chi connectivity index (χ1) is 13.8. The van der Waals surface area contributed by atoms with Gasteiger partial charge in [-0.3, -0.25) is 4.79 Å². The SMILES string of the molecule is Cl.NC[C@]1(c2cccc(Cl)c2)CC[C@H](NC(=O)CCS(=O)(=O)c2ccccc2)CC1. The van der Waals surface area contributed by atoms with Crippen molar-refractivity contribution in [1.29, 1.82) is 0 Å². The van der Waals surface area contributed by atoms with Crippen LogP contribution in [0.5, 0.6) is 0 Å². The number of hydrogen-bond acceptors (Lipinski definition) is 4. The summed E-state index contributed by atoms with van der Waals surface area (Å²) in [6, 6.07) is 16.1. The molecule has 2 aromatic carbocycles. The second kappa shape index (κ2) is 10.6. The van der Waals surface area contributed by atoms with Crippen LogP contribution in [0.15, 0.2) is 59.5 Å². The van der Waals surface area contributed by atoms with E-state index in [-0.39, 0.29) is 46.8 Å². The Hall–Kier alpha value is -1.60. The molecule has 30 heavy (non-hydrogen) atoms. The van der Waals surface area contributed by atoms with Crippen LogP contribution in [0.4, 0.5) is 0 Å². The Morgan fingerprint density at radius 3 is 2.37 bits per heavy atom. The number of amides is 1. The van der Waals surface area contributed by atoms with Gasteiger partial charge in [-0.15, -0.1) is 12.4 Å². The van der Waals surface area contributed by atoms with E-state index in [1.54, 1.807) is 30.3 Å². The molecule has 1 amide bonds. The minimum atomic E-state index is -3.45. The van der Waals surface area contributed by atoms with Gasteiger partial charge in [-0.2, -0.15) is 0 Å². The van der Waals surface area contributed by atoms with Crippen LogP contribution in [-0.2, 0) is 20.0 Å². The molecule has 1 aliphatic carbocycles. The van der Waals surface area contributed by atoms with Crippen LogP contribution in [-0.4, -0.2) is 32.7 Å². The summed E-state index contributed by atoms with van der Waals surface area (Å²) in [7, 11) is -3.45. The summed E-state index contributed by atoms with van der Waals surface area (Å²) < 4.78 is 24.7. The maximum atomic E-state index is 12.3. The van der Waals surface area contributed by atoms with E-state index >= 15 is 0 Å². The fraction of sp³-hybridized carbons (Fsp3) is 0.409. The van der Waals surface area contributed by atoms with Crippen molar-refractivity contribution in [2.24, 2.45) is 5.73 Å². The van der Waals surface area contributed by atoms with Gasteiger partial charge in [-0.25, -0.2) is 8.42 Å². The van der Waals surface area contributed by atoms with E-state index in [0.29, 0.717) is 11.6 Å². The summed E-state index contributed by atoms with van der Waals surface area (Å²) in [6.45, 7) is 0.531. The third-order valence-corrected chi connectivity index (χ3v) is 7.80. The van der Waals surface area contributed by atoms with Crippen molar-refractivity contribution in [3.8, 4) is 0 Å². The zero-order chi connectivity index (χ0) is 20.9. The smallest absolute Gasteiger partial charge is 0.221 e. The number of carbonyl (C=O) groups is 1. The van der Waals surface area contributed by atoms with Crippen LogP contribution in [0.3, 0.4) is 0 Å². The third-order valence-electron chi connectivity index (χ3n) is 5.84. The zero-order valence-corrected chi connectivity index (χ0v) is 19.1. The lowest BCUT2D eigenvalue weighted by molar-refractivity contribution is -0.121. The highest BCUT2D eigenvalue weighted by molar-refractivity contribution is 7.91. The number of rotatable bonds is 7. The van der Waals surface area contributed by atoms with Crippen LogP contribution in [0, 0.1) is 0 Å². The Kier molecular flexibility index (Phi) is 8.73. The lowest BCUT2D eigenvalue weighted by atomic mass is 9.68. The lowest BCUT2D eigenvalue weighted by Crippen LogP contribution is -2.45. The first-order valence-corrected chi connectivity index (χ1v) is 11.9. The summed E-state index contributed by atoms with van der Waals surface area (Å²) in [5.41, 5.74) is 7.14. The number of hydrogen-bond donors (Lipinski definition) is 2. The van der Waals surface area contributed by atoms with Crippen molar-refractivity contribution < 1.29 is 13.2 Å². The third kappa shape index (κ3) is 5.97. The van der Waals surface area contributed by atoms with Gasteiger partial charge in [0.05, 0.1) is 10.6 Å². The van der Waals surface area contributed by atoms with Gasteiger partial charge in [-0.05, 0) is 55.5 Å². The summed E-state index contributed by atoms with van der Waals surface area (Å²) in [5.74, 6) is -0.414. The topological polar surface area (TPSA) is 89.3 Å². The van der Waals surface area contributed by atoms with Gasteiger partial charge >= 0.3 is 0 Å². The molecule has 0 atom stereocenters. The molecule has 1 fully saturated rings. The molecular weight excluding hydrogens is 443 g/mol. The van der Waals surface area contributed by atoms with Crippen LogP contribution in [0.2, 0.25) is 5.02 Å². The molecule has 5 nitrogen and oxygen atoms in total. The summed E-state index contributed by atoms with van der Waals surface area (Å²) >= 11 is 6.15. The van der Waals surface area contributed by atoms with E-state index < -0.39 is 9.84 Å². The van der Waals surface area contributed by atoms with Crippen LogP contribution in [0.1, 0.15) is 37.7 Å². The number of nitrogens with one attached hydrogen (secondary N) is 1. The van der Waals surface area contributed by atoms with Crippen molar-refractivity contribution in [3.05, 3.63) is 65.2 Å². The largest absolute Gasteiger partial charge is 0.353 e. The normalized spacial score (nSPS) is 21.5. The molecule has 3 rings (SSSR count). The quantitative estimate of drug-likeness (QED) is 0.642. The summed E-state index contributed by atoms with van der Waals surface area (Å²) in [5, 5.41) is 3.70. The van der Waals surface area contributed by atoms with Crippen molar-refractivity contribution in [2.45, 2.75) is 48.5 Å². The lowest BCUT2D eigenvalue weighted by Gasteiger charge is -2.40. The molecule has 0 bridgehead atoms. The fourth-order valence-corrected chi connectivity index (χ4v) is 5.47. The zero-order valence-electron chi connectivity index (χ0n) is 16.7. The molecule has 2 aromatic rings. The molecule has 3 N–H and O–H groups in total. The van der Waals surface area contributed by atoms with Crippen LogP contribution < -0.4 is 11.1 Å². The highest BCUT2D eigenvalue weighted by Crippen LogP contribution is 2.39. The van der Waals surface area contributed by atoms with E-state index in [4.69, 9.17) is 17.3 Å². The van der Waals surface area contributed by atoms with Crippen molar-refractivity contribution in [1.82, 2.24) is 5.32 Å². The molecule has 8 heteroatoms. The van der Waals surface area contributed by atoms with E-state index in [2.05, 4.69) is 11.4 Å². The number of sulfone groups is 1. The number of nitrogens with two attached hydrogens (primary N) is 1. The molecule has 0 radical (unpaired) electrons. The maximum Gasteiger partial charge on any atom is 0.221 e. The van der Waals surface area contributed by atoms with Gasteiger partial charge in [0.25, 0.3) is 0 Å². The van der Waals surface area contributed by atoms with Gasteiger partial charge in [-0.1, -0.05) is 41.9 Å². The minimum Gasteiger partial charge on any atom is -0.353 e. The van der Waals surface area contributed by atoms with Gasteiger partial charge in [0.15, 0.2) is 9.84 Å². The van der Waals surface area contributed by atoms with Gasteiger partial charge in [0.1, 0.15) is 0 Å². The van der Waals surface area contributed by atoms with Gasteiger partial charge in [0.2, 0.25) is 5.91 Å². The Balaban J connectivity index is 0.00000320. The molecular formula is C22H28Cl2N2O3S. The van der Waals surface area contributed by atoms with Gasteiger partial charge in [0, 0.05) is 29.4 Å². The predicted molar refractivity (Wildman–Crippen MR) is 123 cm³/mol. The molecule has 1 aliphatic rings. The molecule has 0 aliphatic heterocycles. The predicted octanol–water partition coefficient (Wildman–Crippen LogP) is 3.88. The first kappa shape index (κ1) is 24.7. The highest BCUT2D eigenvalue weighted by atomic mass is 35.5. The maximum absolute atomic E-state index is 12.3. The molecule has 0 heterocycles. The van der Waals surface area contributed by atoms with Crippen molar-refractivity contribution >= 4 is 39.8 Å². The van der Waals surface area contributed by atoms with Crippen LogP contribution >= 0.6 is 24.0 Å². The van der Waals surface area contributed by atoms with Crippen LogP contribution in [0.25, 0.3) is 0 Å². The minimum absolute atomic E-state index is 0. The van der Waals surface area contributed by atoms with E-state index in [0.717, 1.165) is 31.2 Å². The Morgan fingerprint density at radius 1 is 1.10 bits per heavy atom. The molecule has 0 aromatic heterocycles. The summed E-state index contributed by atoms with van der Waals surface area (Å²) in [6.07, 6.45) is 3.29. The monoisotopic (exact) mass is 470 g/mol. The first-order valence-electron chi connectivity index (χ1n) is 9.88. The average Bonchev–Trinajstić information content (AvgIpc) is 2.74. The fourth-order valence-electron chi connectivity index (χ4n) is 4.02.